The Bertz CT molecular complexity index is 988. The van der Waals surface area contributed by atoms with Gasteiger partial charge >= 0.3 is 0 Å². The van der Waals surface area contributed by atoms with Gasteiger partial charge in [-0.15, -0.1) is 0 Å². The minimum atomic E-state index is 0.0451. The van der Waals surface area contributed by atoms with Gasteiger partial charge in [-0.1, -0.05) is 42.1 Å². The number of carbonyl (C=O) groups is 1. The SMILES string of the molecule is CSc1nc(N2CCOCC2)c2cnn(CCNC(=O)CCc3ccccc3)c2n1. The quantitative estimate of drug-likeness (QED) is 0.436. The summed E-state index contributed by atoms with van der Waals surface area (Å²) in [6.45, 7) is 4.08. The fourth-order valence-electron chi connectivity index (χ4n) is 3.48. The molecule has 1 saturated heterocycles. The standard InChI is InChI=1S/C21H26N6O2S/c1-30-21-24-19(26-11-13-29-14-12-26)17-15-23-27(20(17)25-21)10-9-22-18(28)8-7-16-5-3-2-4-6-16/h2-6,15H,7-14H2,1H3,(H,22,28). The van der Waals surface area contributed by atoms with E-state index in [1.165, 1.54) is 17.3 Å². The maximum absolute atomic E-state index is 12.2. The van der Waals surface area contributed by atoms with Crippen LogP contribution < -0.4 is 10.2 Å². The summed E-state index contributed by atoms with van der Waals surface area (Å²) in [6, 6.07) is 10.0. The summed E-state index contributed by atoms with van der Waals surface area (Å²) >= 11 is 1.52. The van der Waals surface area contributed by atoms with E-state index in [4.69, 9.17) is 9.72 Å². The van der Waals surface area contributed by atoms with Gasteiger partial charge in [0.1, 0.15) is 5.82 Å². The molecule has 1 amide bonds. The lowest BCUT2D eigenvalue weighted by Crippen LogP contribution is -2.37. The van der Waals surface area contributed by atoms with Crippen LogP contribution in [0, 0.1) is 0 Å². The fraction of sp³-hybridized carbons (Fsp3) is 0.429. The molecular weight excluding hydrogens is 400 g/mol. The minimum Gasteiger partial charge on any atom is -0.378 e. The molecule has 0 saturated carbocycles. The lowest BCUT2D eigenvalue weighted by molar-refractivity contribution is -0.121. The van der Waals surface area contributed by atoms with E-state index < -0.39 is 0 Å². The summed E-state index contributed by atoms with van der Waals surface area (Å²) < 4.78 is 7.31. The Hall–Kier alpha value is -2.65. The van der Waals surface area contributed by atoms with Gasteiger partial charge in [-0.2, -0.15) is 5.10 Å². The molecule has 2 aromatic heterocycles. The van der Waals surface area contributed by atoms with Crippen LogP contribution in [0.4, 0.5) is 5.82 Å². The van der Waals surface area contributed by atoms with Crippen LogP contribution in [0.1, 0.15) is 12.0 Å². The van der Waals surface area contributed by atoms with E-state index in [1.807, 2.05) is 47.5 Å². The van der Waals surface area contributed by atoms with Gasteiger partial charge in [-0.3, -0.25) is 4.79 Å². The highest BCUT2D eigenvalue weighted by Crippen LogP contribution is 2.27. The Morgan fingerprint density at radius 2 is 2.00 bits per heavy atom. The highest BCUT2D eigenvalue weighted by atomic mass is 32.2. The lowest BCUT2D eigenvalue weighted by atomic mass is 10.1. The number of nitrogens with one attached hydrogen (secondary N) is 1. The summed E-state index contributed by atoms with van der Waals surface area (Å²) in [6.07, 6.45) is 5.01. The summed E-state index contributed by atoms with van der Waals surface area (Å²) in [7, 11) is 0. The zero-order valence-electron chi connectivity index (χ0n) is 17.1. The first kappa shape index (κ1) is 20.6. The van der Waals surface area contributed by atoms with Crippen molar-refractivity contribution in [3.8, 4) is 0 Å². The van der Waals surface area contributed by atoms with E-state index in [0.717, 1.165) is 41.5 Å². The number of hydrogen-bond donors (Lipinski definition) is 1. The van der Waals surface area contributed by atoms with E-state index in [9.17, 15) is 4.79 Å². The van der Waals surface area contributed by atoms with Crippen molar-refractivity contribution in [2.45, 2.75) is 24.5 Å². The van der Waals surface area contributed by atoms with E-state index in [-0.39, 0.29) is 5.91 Å². The van der Waals surface area contributed by atoms with E-state index in [2.05, 4.69) is 20.3 Å². The van der Waals surface area contributed by atoms with Gasteiger partial charge < -0.3 is 15.0 Å². The average Bonchev–Trinajstić information content (AvgIpc) is 3.21. The van der Waals surface area contributed by atoms with Crippen LogP contribution in [0.15, 0.2) is 41.7 Å². The third-order valence-electron chi connectivity index (χ3n) is 5.08. The predicted octanol–water partition coefficient (Wildman–Crippen LogP) is 2.13. The van der Waals surface area contributed by atoms with Gasteiger partial charge in [-0.25, -0.2) is 14.6 Å². The molecule has 0 unspecified atom stereocenters. The van der Waals surface area contributed by atoms with Crippen LogP contribution in [0.3, 0.4) is 0 Å². The second-order valence-electron chi connectivity index (χ2n) is 7.07. The van der Waals surface area contributed by atoms with Crippen LogP contribution in [0.25, 0.3) is 11.0 Å². The number of anilines is 1. The molecule has 9 heteroatoms. The predicted molar refractivity (Wildman–Crippen MR) is 118 cm³/mol. The smallest absolute Gasteiger partial charge is 0.220 e. The Balaban J connectivity index is 1.40. The van der Waals surface area contributed by atoms with Gasteiger partial charge in [0.15, 0.2) is 10.8 Å². The van der Waals surface area contributed by atoms with Crippen LogP contribution in [-0.2, 0) is 22.5 Å². The lowest BCUT2D eigenvalue weighted by Gasteiger charge is -2.28. The molecule has 0 atom stereocenters. The average molecular weight is 427 g/mol. The highest BCUT2D eigenvalue weighted by molar-refractivity contribution is 7.98. The van der Waals surface area contributed by atoms with Crippen LogP contribution in [0.5, 0.6) is 0 Å². The van der Waals surface area contributed by atoms with Crippen molar-refractivity contribution in [2.75, 3.05) is 44.0 Å². The molecule has 3 heterocycles. The number of rotatable bonds is 8. The molecule has 1 aromatic carbocycles. The number of ether oxygens (including phenoxy) is 1. The van der Waals surface area contributed by atoms with Crippen LogP contribution in [0.2, 0.25) is 0 Å². The second kappa shape index (κ2) is 9.90. The normalized spacial score (nSPS) is 14.2. The number of amides is 1. The number of fused-ring (bicyclic) bond motifs is 1. The van der Waals surface area contributed by atoms with Gasteiger partial charge in [0.25, 0.3) is 0 Å². The number of hydrogen-bond acceptors (Lipinski definition) is 7. The van der Waals surface area contributed by atoms with Crippen molar-refractivity contribution >= 4 is 34.5 Å². The molecule has 1 N–H and O–H groups in total. The number of thioether (sulfide) groups is 1. The first-order valence-electron chi connectivity index (χ1n) is 10.2. The largest absolute Gasteiger partial charge is 0.378 e. The Kier molecular flexibility index (Phi) is 6.81. The molecule has 0 bridgehead atoms. The van der Waals surface area contributed by atoms with E-state index in [1.54, 1.807) is 0 Å². The third-order valence-corrected chi connectivity index (χ3v) is 5.63. The van der Waals surface area contributed by atoms with Crippen molar-refractivity contribution in [1.29, 1.82) is 0 Å². The first-order valence-corrected chi connectivity index (χ1v) is 11.4. The van der Waals surface area contributed by atoms with Gasteiger partial charge in [0.2, 0.25) is 5.91 Å². The Morgan fingerprint density at radius 1 is 1.20 bits per heavy atom. The summed E-state index contributed by atoms with van der Waals surface area (Å²) in [5.41, 5.74) is 1.97. The number of carbonyl (C=O) groups excluding carboxylic acids is 1. The van der Waals surface area contributed by atoms with Crippen molar-refractivity contribution in [3.05, 3.63) is 42.1 Å². The fourth-order valence-corrected chi connectivity index (χ4v) is 3.84. The molecule has 8 nitrogen and oxygen atoms in total. The van der Waals surface area contributed by atoms with Crippen molar-refractivity contribution in [2.24, 2.45) is 0 Å². The van der Waals surface area contributed by atoms with Gasteiger partial charge in [0.05, 0.1) is 31.3 Å². The number of benzene rings is 1. The summed E-state index contributed by atoms with van der Waals surface area (Å²) in [5.74, 6) is 0.953. The van der Waals surface area contributed by atoms with Crippen molar-refractivity contribution < 1.29 is 9.53 Å². The Labute approximate surface area is 180 Å². The molecule has 0 radical (unpaired) electrons. The third kappa shape index (κ3) is 4.91. The minimum absolute atomic E-state index is 0.0451. The number of aryl methyl sites for hydroxylation is 1. The topological polar surface area (TPSA) is 85.2 Å². The second-order valence-corrected chi connectivity index (χ2v) is 7.85. The highest BCUT2D eigenvalue weighted by Gasteiger charge is 2.19. The maximum atomic E-state index is 12.2. The molecule has 30 heavy (non-hydrogen) atoms. The van der Waals surface area contributed by atoms with Crippen molar-refractivity contribution in [1.82, 2.24) is 25.1 Å². The number of morpholine rings is 1. The van der Waals surface area contributed by atoms with Gasteiger partial charge in [-0.05, 0) is 18.2 Å². The van der Waals surface area contributed by atoms with E-state index in [0.29, 0.717) is 32.7 Å². The van der Waals surface area contributed by atoms with Crippen LogP contribution in [-0.4, -0.2) is 64.8 Å². The first-order chi connectivity index (χ1) is 14.7. The van der Waals surface area contributed by atoms with Gasteiger partial charge in [0, 0.05) is 26.1 Å². The summed E-state index contributed by atoms with van der Waals surface area (Å²) in [5, 5.41) is 9.15. The molecule has 1 aliphatic rings. The summed E-state index contributed by atoms with van der Waals surface area (Å²) in [4.78, 5) is 23.8. The molecule has 3 aromatic rings. The molecule has 4 rings (SSSR count). The number of aromatic nitrogens is 4. The van der Waals surface area contributed by atoms with Crippen molar-refractivity contribution in [3.63, 3.8) is 0 Å². The molecule has 0 spiro atoms. The monoisotopic (exact) mass is 426 g/mol. The molecule has 0 aliphatic carbocycles. The zero-order chi connectivity index (χ0) is 20.8. The van der Waals surface area contributed by atoms with Crippen LogP contribution >= 0.6 is 11.8 Å². The molecular formula is C21H26N6O2S. The molecule has 1 fully saturated rings. The molecule has 1 aliphatic heterocycles. The molecule has 158 valence electrons. The Morgan fingerprint density at radius 3 is 2.77 bits per heavy atom. The zero-order valence-corrected chi connectivity index (χ0v) is 17.9. The van der Waals surface area contributed by atoms with E-state index >= 15 is 0 Å². The number of nitrogens with zero attached hydrogens (tertiary/aromatic N) is 5. The maximum Gasteiger partial charge on any atom is 0.220 e.